The predicted molar refractivity (Wildman–Crippen MR) is 123 cm³/mol. The van der Waals surface area contributed by atoms with Crippen LogP contribution in [0.4, 0.5) is 9.52 Å². The fraction of sp³-hybridized carbons (Fsp3) is 0.381. The molecule has 0 saturated carbocycles. The fourth-order valence-electron chi connectivity index (χ4n) is 2.82. The number of nitrogens with zero attached hydrogens (tertiary/aromatic N) is 4. The zero-order valence-corrected chi connectivity index (χ0v) is 19.9. The van der Waals surface area contributed by atoms with Gasteiger partial charge in [0.05, 0.1) is 23.6 Å². The van der Waals surface area contributed by atoms with E-state index in [0.29, 0.717) is 28.6 Å². The highest BCUT2D eigenvalue weighted by atomic mass is 32.2. The lowest BCUT2D eigenvalue weighted by Crippen LogP contribution is -2.26. The van der Waals surface area contributed by atoms with E-state index in [2.05, 4.69) is 39.7 Å². The van der Waals surface area contributed by atoms with Crippen LogP contribution in [0.5, 0.6) is 0 Å². The Kier molecular flexibility index (Phi) is 7.97. The fourth-order valence-corrected chi connectivity index (χ4v) is 4.41. The Morgan fingerprint density at radius 2 is 1.97 bits per heavy atom. The molecule has 0 bridgehead atoms. The van der Waals surface area contributed by atoms with Gasteiger partial charge >= 0.3 is 0 Å². The molecule has 2 aromatic heterocycles. The Bertz CT molecular complexity index is 1090. The Labute approximate surface area is 194 Å². The van der Waals surface area contributed by atoms with Crippen LogP contribution in [0.1, 0.15) is 40.6 Å². The summed E-state index contributed by atoms with van der Waals surface area (Å²) in [6.45, 7) is 8.67. The number of hydrogen-bond donors (Lipinski definition) is 2. The minimum absolute atomic E-state index is 0.0265. The largest absolute Gasteiger partial charge is 0.345 e. The molecule has 3 aromatic rings. The summed E-state index contributed by atoms with van der Waals surface area (Å²) in [5.41, 5.74) is 0.873. The van der Waals surface area contributed by atoms with E-state index < -0.39 is 11.7 Å². The Morgan fingerprint density at radius 1 is 1.22 bits per heavy atom. The normalized spacial score (nSPS) is 11.1. The van der Waals surface area contributed by atoms with Gasteiger partial charge in [-0.05, 0) is 31.9 Å². The number of thiazole rings is 1. The zero-order chi connectivity index (χ0) is 23.3. The summed E-state index contributed by atoms with van der Waals surface area (Å²) in [4.78, 5) is 30.0. The van der Waals surface area contributed by atoms with Crippen LogP contribution in [-0.4, -0.2) is 37.3 Å². The number of anilines is 1. The van der Waals surface area contributed by atoms with Gasteiger partial charge < -0.3 is 15.2 Å². The molecule has 0 spiro atoms. The van der Waals surface area contributed by atoms with Crippen LogP contribution in [0.3, 0.4) is 0 Å². The third kappa shape index (κ3) is 6.13. The summed E-state index contributed by atoms with van der Waals surface area (Å²) in [6, 6.07) is 5.80. The van der Waals surface area contributed by atoms with Crippen molar-refractivity contribution in [1.29, 1.82) is 0 Å². The number of aromatic nitrogens is 4. The molecule has 2 amide bonds. The van der Waals surface area contributed by atoms with Gasteiger partial charge in [-0.2, -0.15) is 0 Å². The number of hydrogen-bond acceptors (Lipinski definition) is 7. The molecule has 1 aromatic carbocycles. The molecule has 0 fully saturated rings. The Morgan fingerprint density at radius 3 is 2.62 bits per heavy atom. The van der Waals surface area contributed by atoms with Crippen molar-refractivity contribution in [1.82, 2.24) is 25.1 Å². The number of amides is 2. The molecule has 170 valence electrons. The van der Waals surface area contributed by atoms with E-state index in [1.807, 2.05) is 18.4 Å². The summed E-state index contributed by atoms with van der Waals surface area (Å²) in [7, 11) is 0. The zero-order valence-electron chi connectivity index (χ0n) is 18.3. The highest BCUT2D eigenvalue weighted by Gasteiger charge is 2.18. The molecule has 0 aliphatic rings. The van der Waals surface area contributed by atoms with Crippen molar-refractivity contribution in [2.75, 3.05) is 11.1 Å². The minimum atomic E-state index is -0.582. The second-order valence-corrected chi connectivity index (χ2v) is 9.71. The third-order valence-corrected chi connectivity index (χ3v) is 6.43. The quantitative estimate of drug-likeness (QED) is 0.456. The molecule has 0 aliphatic heterocycles. The summed E-state index contributed by atoms with van der Waals surface area (Å²) >= 11 is 2.70. The van der Waals surface area contributed by atoms with Crippen molar-refractivity contribution in [3.05, 3.63) is 52.0 Å². The highest BCUT2D eigenvalue weighted by molar-refractivity contribution is 7.99. The number of carbonyl (C=O) groups excluding carboxylic acids is 2. The van der Waals surface area contributed by atoms with E-state index in [0.717, 1.165) is 10.6 Å². The van der Waals surface area contributed by atoms with Crippen LogP contribution >= 0.6 is 23.1 Å². The first-order chi connectivity index (χ1) is 15.2. The van der Waals surface area contributed by atoms with Crippen LogP contribution in [0, 0.1) is 25.6 Å². The van der Waals surface area contributed by atoms with Crippen molar-refractivity contribution in [2.24, 2.45) is 5.92 Å². The second kappa shape index (κ2) is 10.7. The molecule has 11 heteroatoms. The number of rotatable bonds is 9. The maximum Gasteiger partial charge on any atom is 0.254 e. The molecule has 32 heavy (non-hydrogen) atoms. The van der Waals surface area contributed by atoms with Crippen molar-refractivity contribution < 1.29 is 14.0 Å². The second-order valence-electron chi connectivity index (χ2n) is 7.56. The van der Waals surface area contributed by atoms with Crippen LogP contribution in [0.25, 0.3) is 0 Å². The van der Waals surface area contributed by atoms with E-state index in [1.54, 1.807) is 6.07 Å². The van der Waals surface area contributed by atoms with Gasteiger partial charge in [-0.25, -0.2) is 9.37 Å². The van der Waals surface area contributed by atoms with Crippen molar-refractivity contribution >= 4 is 40.0 Å². The van der Waals surface area contributed by atoms with Crippen molar-refractivity contribution in [3.63, 3.8) is 0 Å². The molecular weight excluding hydrogens is 451 g/mol. The molecule has 0 radical (unpaired) electrons. The van der Waals surface area contributed by atoms with Gasteiger partial charge in [0, 0.05) is 11.4 Å². The summed E-state index contributed by atoms with van der Waals surface area (Å²) < 4.78 is 15.7. The number of halogens is 1. The van der Waals surface area contributed by atoms with Crippen LogP contribution in [-0.2, 0) is 17.9 Å². The lowest BCUT2D eigenvalue weighted by atomic mass is 10.2. The highest BCUT2D eigenvalue weighted by Crippen LogP contribution is 2.23. The lowest BCUT2D eigenvalue weighted by molar-refractivity contribution is -0.113. The van der Waals surface area contributed by atoms with Gasteiger partial charge in [-0.15, -0.1) is 21.5 Å². The minimum Gasteiger partial charge on any atom is -0.345 e. The maximum absolute atomic E-state index is 13.8. The van der Waals surface area contributed by atoms with E-state index in [9.17, 15) is 14.0 Å². The van der Waals surface area contributed by atoms with E-state index >= 15 is 0 Å². The predicted octanol–water partition coefficient (Wildman–Crippen LogP) is 3.81. The maximum atomic E-state index is 13.8. The van der Waals surface area contributed by atoms with Gasteiger partial charge in [0.2, 0.25) is 5.91 Å². The van der Waals surface area contributed by atoms with Crippen molar-refractivity contribution in [3.8, 4) is 0 Å². The van der Waals surface area contributed by atoms with E-state index in [1.165, 1.54) is 41.3 Å². The number of benzene rings is 1. The average Bonchev–Trinajstić information content (AvgIpc) is 3.26. The first-order valence-corrected chi connectivity index (χ1v) is 11.9. The summed E-state index contributed by atoms with van der Waals surface area (Å²) in [6.07, 6.45) is 0. The number of carbonyl (C=O) groups is 2. The summed E-state index contributed by atoms with van der Waals surface area (Å²) in [5, 5.41) is 15.0. The van der Waals surface area contributed by atoms with Gasteiger partial charge in [0.15, 0.2) is 16.1 Å². The molecule has 2 heterocycles. The van der Waals surface area contributed by atoms with Crippen LogP contribution in [0.2, 0.25) is 0 Å². The van der Waals surface area contributed by atoms with Gasteiger partial charge in [-0.1, -0.05) is 37.7 Å². The Balaban J connectivity index is 1.64. The number of aryl methyl sites for hydroxylation is 2. The van der Waals surface area contributed by atoms with Crippen molar-refractivity contribution in [2.45, 2.75) is 45.9 Å². The SMILES string of the molecule is Cc1nc(NC(=O)CSc2nnc(CNC(=O)c3ccccc3F)n2CC(C)C)sc1C. The average molecular weight is 477 g/mol. The van der Waals surface area contributed by atoms with Gasteiger partial charge in [0.25, 0.3) is 5.91 Å². The smallest absolute Gasteiger partial charge is 0.254 e. The van der Waals surface area contributed by atoms with Gasteiger partial charge in [0.1, 0.15) is 5.82 Å². The molecular formula is C21H25FN6O2S2. The molecule has 0 unspecified atom stereocenters. The molecule has 3 rings (SSSR count). The molecule has 0 aliphatic carbocycles. The topological polar surface area (TPSA) is 102 Å². The molecule has 2 N–H and O–H groups in total. The molecule has 8 nitrogen and oxygen atoms in total. The number of nitrogens with one attached hydrogen (secondary N) is 2. The molecule has 0 saturated heterocycles. The molecule has 0 atom stereocenters. The Hall–Kier alpha value is -2.79. The van der Waals surface area contributed by atoms with Crippen LogP contribution < -0.4 is 10.6 Å². The standard InChI is InChI=1S/C21H25FN6O2S2/c1-12(2)10-28-17(9-23-19(30)15-7-5-6-8-16(15)22)26-27-21(28)31-11-18(29)25-20-24-13(3)14(4)32-20/h5-8,12H,9-11H2,1-4H3,(H,23,30)(H,24,25,29). The van der Waals surface area contributed by atoms with E-state index in [-0.39, 0.29) is 23.8 Å². The monoisotopic (exact) mass is 476 g/mol. The lowest BCUT2D eigenvalue weighted by Gasteiger charge is -2.13. The van der Waals surface area contributed by atoms with Gasteiger partial charge in [-0.3, -0.25) is 9.59 Å². The van der Waals surface area contributed by atoms with E-state index in [4.69, 9.17) is 0 Å². The first kappa shape index (κ1) is 23.9. The summed E-state index contributed by atoms with van der Waals surface area (Å²) in [5.74, 6) is -0.308. The first-order valence-electron chi connectivity index (χ1n) is 10.1. The number of thioether (sulfide) groups is 1. The van der Waals surface area contributed by atoms with Crippen LogP contribution in [0.15, 0.2) is 29.4 Å². The third-order valence-electron chi connectivity index (χ3n) is 4.47.